The van der Waals surface area contributed by atoms with Crippen LogP contribution in [-0.2, 0) is 14.4 Å². The Morgan fingerprint density at radius 3 is 1.62 bits per heavy atom. The number of rotatable bonds is 2. The van der Waals surface area contributed by atoms with Gasteiger partial charge in [0.05, 0.1) is 0 Å². The molecule has 1 rings (SSSR count). The first-order chi connectivity index (χ1) is 7.24. The predicted molar refractivity (Wildman–Crippen MR) is 61.9 cm³/mol. The number of nitrogens with two attached hydrogens (primary N) is 3. The Hall–Kier alpha value is -1.31. The summed E-state index contributed by atoms with van der Waals surface area (Å²) in [6, 6.07) is 0. The number of hydrogen-bond donors (Lipinski definition) is 3. The summed E-state index contributed by atoms with van der Waals surface area (Å²) in [5.41, 5.74) is 13.6. The van der Waals surface area contributed by atoms with E-state index in [4.69, 9.17) is 17.4 Å². The van der Waals surface area contributed by atoms with Gasteiger partial charge < -0.3 is 11.5 Å². The maximum atomic E-state index is 11.6. The molecule has 0 unspecified atom stereocenters. The van der Waals surface area contributed by atoms with Crippen LogP contribution in [0.2, 0.25) is 0 Å². The van der Waals surface area contributed by atoms with Crippen LogP contribution >= 0.6 is 0 Å². The Morgan fingerprint density at radius 2 is 1.31 bits per heavy atom. The van der Waals surface area contributed by atoms with E-state index in [1.54, 1.807) is 20.8 Å². The molecule has 0 spiro atoms. The highest BCUT2D eigenvalue weighted by atomic mass is 32.2. The van der Waals surface area contributed by atoms with E-state index < -0.39 is 10.1 Å². The fraction of sp³-hybridized carbons (Fsp3) is 0.333. The van der Waals surface area contributed by atoms with Crippen molar-refractivity contribution in [3.63, 3.8) is 0 Å². The second-order valence-corrected chi connectivity index (χ2v) is 5.09. The van der Waals surface area contributed by atoms with Crippen molar-refractivity contribution >= 4 is 21.5 Å². The van der Waals surface area contributed by atoms with Crippen molar-refractivity contribution in [2.24, 2.45) is 5.90 Å². The van der Waals surface area contributed by atoms with Crippen molar-refractivity contribution in [1.29, 1.82) is 0 Å². The zero-order valence-electron chi connectivity index (χ0n) is 9.37. The second kappa shape index (κ2) is 3.93. The van der Waals surface area contributed by atoms with Crippen LogP contribution in [0.3, 0.4) is 0 Å². The molecule has 6 nitrogen and oxygen atoms in total. The Bertz CT molecular complexity index is 508. The van der Waals surface area contributed by atoms with Gasteiger partial charge >= 0.3 is 10.1 Å². The van der Waals surface area contributed by atoms with E-state index >= 15 is 0 Å². The molecule has 0 saturated carbocycles. The maximum absolute atomic E-state index is 11.6. The zero-order chi connectivity index (χ0) is 12.7. The summed E-state index contributed by atoms with van der Waals surface area (Å²) in [7, 11) is -4.00. The molecular weight excluding hydrogens is 230 g/mol. The lowest BCUT2D eigenvalue weighted by atomic mass is 10.0. The lowest BCUT2D eigenvalue weighted by Gasteiger charge is -2.16. The molecule has 0 aliphatic carbocycles. The van der Waals surface area contributed by atoms with E-state index in [2.05, 4.69) is 4.28 Å². The number of hydrogen-bond acceptors (Lipinski definition) is 6. The minimum Gasteiger partial charge on any atom is -0.398 e. The van der Waals surface area contributed by atoms with Crippen molar-refractivity contribution in [2.45, 2.75) is 25.7 Å². The summed E-state index contributed by atoms with van der Waals surface area (Å²) in [6.07, 6.45) is 0. The SMILES string of the molecule is Cc1c(N)c(C)c(S(=O)(=O)ON)c(C)c1N. The monoisotopic (exact) mass is 245 g/mol. The van der Waals surface area contributed by atoms with Crippen LogP contribution in [0.5, 0.6) is 0 Å². The van der Waals surface area contributed by atoms with Gasteiger partial charge in [-0.1, -0.05) is 0 Å². The fourth-order valence-corrected chi connectivity index (χ4v) is 2.72. The summed E-state index contributed by atoms with van der Waals surface area (Å²) < 4.78 is 27.2. The van der Waals surface area contributed by atoms with Crippen LogP contribution in [0.1, 0.15) is 16.7 Å². The molecule has 0 bridgehead atoms. The first-order valence-electron chi connectivity index (χ1n) is 4.52. The van der Waals surface area contributed by atoms with E-state index in [0.717, 1.165) is 0 Å². The Labute approximate surface area is 94.4 Å². The van der Waals surface area contributed by atoms with Crippen LogP contribution in [0.4, 0.5) is 11.4 Å². The van der Waals surface area contributed by atoms with E-state index in [0.29, 0.717) is 28.1 Å². The third-order valence-electron chi connectivity index (χ3n) is 2.67. The molecule has 0 atom stereocenters. The van der Waals surface area contributed by atoms with Gasteiger partial charge in [-0.15, -0.1) is 0 Å². The largest absolute Gasteiger partial charge is 0.398 e. The summed E-state index contributed by atoms with van der Waals surface area (Å²) in [5.74, 6) is 4.74. The average Bonchev–Trinajstić information content (AvgIpc) is 2.23. The quantitative estimate of drug-likeness (QED) is 0.510. The highest BCUT2D eigenvalue weighted by molar-refractivity contribution is 7.86. The third-order valence-corrected chi connectivity index (χ3v) is 4.04. The molecule has 0 heterocycles. The van der Waals surface area contributed by atoms with Crippen LogP contribution in [0.25, 0.3) is 0 Å². The van der Waals surface area contributed by atoms with Crippen LogP contribution in [-0.4, -0.2) is 8.42 Å². The van der Waals surface area contributed by atoms with E-state index in [9.17, 15) is 8.42 Å². The molecule has 1 aromatic rings. The van der Waals surface area contributed by atoms with Gasteiger partial charge in [0.15, 0.2) is 0 Å². The normalized spacial score (nSPS) is 11.8. The summed E-state index contributed by atoms with van der Waals surface area (Å²) in [6.45, 7) is 4.89. The van der Waals surface area contributed by atoms with Gasteiger partial charge in [-0.2, -0.15) is 18.6 Å². The molecule has 0 aliphatic heterocycles. The zero-order valence-corrected chi connectivity index (χ0v) is 10.2. The molecule has 0 amide bonds. The van der Waals surface area contributed by atoms with Crippen LogP contribution in [0.15, 0.2) is 4.90 Å². The number of nitrogen functional groups attached to an aromatic ring is 2. The highest BCUT2D eigenvalue weighted by Crippen LogP contribution is 2.34. The smallest absolute Gasteiger partial charge is 0.313 e. The summed E-state index contributed by atoms with van der Waals surface area (Å²) >= 11 is 0. The van der Waals surface area contributed by atoms with Gasteiger partial charge in [-0.05, 0) is 37.5 Å². The van der Waals surface area contributed by atoms with Crippen LogP contribution in [0, 0.1) is 20.8 Å². The molecule has 7 heteroatoms. The molecule has 90 valence electrons. The van der Waals surface area contributed by atoms with Gasteiger partial charge in [-0.3, -0.25) is 0 Å². The van der Waals surface area contributed by atoms with Crippen molar-refractivity contribution in [2.75, 3.05) is 11.5 Å². The maximum Gasteiger partial charge on any atom is 0.313 e. The molecule has 0 aromatic heterocycles. The van der Waals surface area contributed by atoms with Gasteiger partial charge in [-0.25, -0.2) is 0 Å². The second-order valence-electron chi connectivity index (χ2n) is 3.58. The molecule has 6 N–H and O–H groups in total. The number of benzene rings is 1. The fourth-order valence-electron chi connectivity index (χ4n) is 1.66. The minimum absolute atomic E-state index is 0.0596. The van der Waals surface area contributed by atoms with Gasteiger partial charge in [0.2, 0.25) is 0 Å². The summed E-state index contributed by atoms with van der Waals surface area (Å²) in [4.78, 5) is -0.0596. The molecule has 0 fully saturated rings. The molecule has 0 radical (unpaired) electrons. The van der Waals surface area contributed by atoms with E-state index in [1.165, 1.54) is 0 Å². The van der Waals surface area contributed by atoms with Gasteiger partial charge in [0.25, 0.3) is 0 Å². The number of anilines is 2. The Morgan fingerprint density at radius 1 is 0.938 bits per heavy atom. The first kappa shape index (κ1) is 12.8. The average molecular weight is 245 g/mol. The Balaban J connectivity index is 3.79. The molecule has 0 aliphatic rings. The van der Waals surface area contributed by atoms with E-state index in [-0.39, 0.29) is 4.90 Å². The standard InChI is InChI=1S/C9H15N3O3S/c1-4-7(10)5(2)9(6(3)8(4)11)16(13,14)15-12/h10-12H2,1-3H3. The third kappa shape index (κ3) is 1.73. The molecule has 16 heavy (non-hydrogen) atoms. The Kier molecular flexibility index (Phi) is 3.13. The predicted octanol–water partition coefficient (Wildman–Crippen LogP) is 0.355. The highest BCUT2D eigenvalue weighted by Gasteiger charge is 2.24. The molecule has 1 aromatic carbocycles. The lowest BCUT2D eigenvalue weighted by molar-refractivity contribution is 0.332. The van der Waals surface area contributed by atoms with E-state index in [1.807, 2.05) is 0 Å². The minimum atomic E-state index is -4.00. The van der Waals surface area contributed by atoms with Crippen molar-refractivity contribution in [1.82, 2.24) is 0 Å². The first-order valence-corrected chi connectivity index (χ1v) is 5.93. The van der Waals surface area contributed by atoms with Crippen LogP contribution < -0.4 is 17.4 Å². The van der Waals surface area contributed by atoms with Crippen molar-refractivity contribution in [3.8, 4) is 0 Å². The summed E-state index contributed by atoms with van der Waals surface area (Å²) in [5, 5.41) is 0. The molecule has 0 saturated heterocycles. The van der Waals surface area contributed by atoms with Gasteiger partial charge in [0.1, 0.15) is 4.90 Å². The topological polar surface area (TPSA) is 121 Å². The lowest BCUT2D eigenvalue weighted by Crippen LogP contribution is -2.16. The molecular formula is C9H15N3O3S. The van der Waals surface area contributed by atoms with Crippen molar-refractivity contribution in [3.05, 3.63) is 16.7 Å². The van der Waals surface area contributed by atoms with Gasteiger partial charge in [0, 0.05) is 11.4 Å². The van der Waals surface area contributed by atoms with Crippen molar-refractivity contribution < 1.29 is 12.7 Å².